The van der Waals surface area contributed by atoms with Crippen LogP contribution in [0.2, 0.25) is 0 Å². The molecule has 0 spiro atoms. The summed E-state index contributed by atoms with van der Waals surface area (Å²) in [7, 11) is 0. The minimum atomic E-state index is 0.262. The second-order valence-corrected chi connectivity index (χ2v) is 6.20. The first-order chi connectivity index (χ1) is 10.1. The third-order valence-electron chi connectivity index (χ3n) is 4.07. The molecule has 2 rings (SSSR count). The molecule has 0 aliphatic carbocycles. The molecule has 1 unspecified atom stereocenters. The normalized spacial score (nSPS) is 19.1. The number of hydrogen-bond donors (Lipinski definition) is 2. The van der Waals surface area contributed by atoms with E-state index in [2.05, 4.69) is 42.9 Å². The van der Waals surface area contributed by atoms with Gasteiger partial charge < -0.3 is 15.3 Å². The highest BCUT2D eigenvalue weighted by Gasteiger charge is 2.23. The van der Waals surface area contributed by atoms with E-state index < -0.39 is 0 Å². The second kappa shape index (κ2) is 7.07. The standard InChI is InChI=1S/C16H28N4O/c1-5-17-15-12(4)16(19-14(18-15)11(2)3)20-8-6-7-13(9-20)10-21/h11,13,21H,5-10H2,1-4H3,(H,17,18,19). The largest absolute Gasteiger partial charge is 0.396 e. The van der Waals surface area contributed by atoms with Gasteiger partial charge in [-0.05, 0) is 32.6 Å². The molecule has 0 bridgehead atoms. The number of nitrogens with zero attached hydrogens (tertiary/aromatic N) is 3. The first kappa shape index (κ1) is 16.0. The molecule has 0 aromatic carbocycles. The van der Waals surface area contributed by atoms with Crippen molar-refractivity contribution in [3.05, 3.63) is 11.4 Å². The lowest BCUT2D eigenvalue weighted by molar-refractivity contribution is 0.208. The van der Waals surface area contributed by atoms with Crippen LogP contribution in [0.15, 0.2) is 0 Å². The Bertz CT molecular complexity index is 476. The van der Waals surface area contributed by atoms with Crippen molar-refractivity contribution in [2.24, 2.45) is 5.92 Å². The second-order valence-electron chi connectivity index (χ2n) is 6.20. The third kappa shape index (κ3) is 3.64. The quantitative estimate of drug-likeness (QED) is 0.873. The van der Waals surface area contributed by atoms with Gasteiger partial charge in [0.1, 0.15) is 17.5 Å². The monoisotopic (exact) mass is 292 g/mol. The van der Waals surface area contributed by atoms with Crippen LogP contribution in [0.25, 0.3) is 0 Å². The fourth-order valence-electron chi connectivity index (χ4n) is 2.83. The topological polar surface area (TPSA) is 61.3 Å². The van der Waals surface area contributed by atoms with Crippen LogP contribution in [0, 0.1) is 12.8 Å². The molecule has 0 amide bonds. The first-order valence-corrected chi connectivity index (χ1v) is 8.05. The van der Waals surface area contributed by atoms with Crippen molar-refractivity contribution in [3.8, 4) is 0 Å². The Morgan fingerprint density at radius 1 is 1.38 bits per heavy atom. The van der Waals surface area contributed by atoms with Gasteiger partial charge in [-0.25, -0.2) is 9.97 Å². The van der Waals surface area contributed by atoms with Crippen molar-refractivity contribution in [2.75, 3.05) is 36.5 Å². The van der Waals surface area contributed by atoms with Crippen LogP contribution in [0.3, 0.4) is 0 Å². The highest BCUT2D eigenvalue weighted by Crippen LogP contribution is 2.29. The summed E-state index contributed by atoms with van der Waals surface area (Å²) >= 11 is 0. The average Bonchev–Trinajstić information content (AvgIpc) is 2.49. The maximum absolute atomic E-state index is 9.43. The highest BCUT2D eigenvalue weighted by atomic mass is 16.3. The van der Waals surface area contributed by atoms with Gasteiger partial charge in [0.15, 0.2) is 0 Å². The number of aliphatic hydroxyl groups is 1. The van der Waals surface area contributed by atoms with E-state index in [1.807, 2.05) is 0 Å². The van der Waals surface area contributed by atoms with Gasteiger partial charge in [0.2, 0.25) is 0 Å². The molecule has 0 saturated carbocycles. The number of piperidine rings is 1. The van der Waals surface area contributed by atoms with Crippen molar-refractivity contribution in [2.45, 2.75) is 46.5 Å². The predicted octanol–water partition coefficient (Wildman–Crippen LogP) is 2.55. The number of hydrogen-bond acceptors (Lipinski definition) is 5. The minimum Gasteiger partial charge on any atom is -0.396 e. The Hall–Kier alpha value is -1.36. The fourth-order valence-corrected chi connectivity index (χ4v) is 2.83. The summed E-state index contributed by atoms with van der Waals surface area (Å²) in [5, 5.41) is 12.8. The molecule has 0 radical (unpaired) electrons. The highest BCUT2D eigenvalue weighted by molar-refractivity contribution is 5.59. The molecule has 2 N–H and O–H groups in total. The zero-order valence-corrected chi connectivity index (χ0v) is 13.7. The molecule has 21 heavy (non-hydrogen) atoms. The molecule has 1 atom stereocenters. The van der Waals surface area contributed by atoms with E-state index in [0.29, 0.717) is 11.8 Å². The molecule has 118 valence electrons. The maximum atomic E-state index is 9.43. The van der Waals surface area contributed by atoms with Crippen molar-refractivity contribution < 1.29 is 5.11 Å². The van der Waals surface area contributed by atoms with Crippen molar-refractivity contribution >= 4 is 11.6 Å². The van der Waals surface area contributed by atoms with Crippen LogP contribution in [-0.4, -0.2) is 41.3 Å². The molecule has 2 heterocycles. The van der Waals surface area contributed by atoms with Crippen LogP contribution in [0.5, 0.6) is 0 Å². The van der Waals surface area contributed by atoms with Gasteiger partial charge in [-0.2, -0.15) is 0 Å². The summed E-state index contributed by atoms with van der Waals surface area (Å²) in [6, 6.07) is 0. The van der Waals surface area contributed by atoms with Crippen molar-refractivity contribution in [1.82, 2.24) is 9.97 Å². The first-order valence-electron chi connectivity index (χ1n) is 8.05. The van der Waals surface area contributed by atoms with E-state index in [1.54, 1.807) is 0 Å². The summed E-state index contributed by atoms with van der Waals surface area (Å²) in [5.74, 6) is 3.52. The molecule has 1 fully saturated rings. The lowest BCUT2D eigenvalue weighted by Gasteiger charge is -2.34. The summed E-state index contributed by atoms with van der Waals surface area (Å²) in [4.78, 5) is 11.8. The summed E-state index contributed by atoms with van der Waals surface area (Å²) in [5.41, 5.74) is 1.11. The number of aromatic nitrogens is 2. The molecular formula is C16H28N4O. The van der Waals surface area contributed by atoms with Gasteiger partial charge >= 0.3 is 0 Å². The summed E-state index contributed by atoms with van der Waals surface area (Å²) in [6.45, 7) is 11.4. The minimum absolute atomic E-state index is 0.262. The van der Waals surface area contributed by atoms with E-state index in [0.717, 1.165) is 55.5 Å². The maximum Gasteiger partial charge on any atom is 0.137 e. The molecule has 1 aliphatic rings. The van der Waals surface area contributed by atoms with Gasteiger partial charge in [0, 0.05) is 37.7 Å². The number of nitrogens with one attached hydrogen (secondary N) is 1. The lowest BCUT2D eigenvalue weighted by Crippen LogP contribution is -2.38. The van der Waals surface area contributed by atoms with E-state index in [4.69, 9.17) is 4.98 Å². The average molecular weight is 292 g/mol. The SMILES string of the molecule is CCNc1nc(C(C)C)nc(N2CCCC(CO)C2)c1C. The van der Waals surface area contributed by atoms with E-state index in [-0.39, 0.29) is 6.61 Å². The van der Waals surface area contributed by atoms with Gasteiger partial charge in [0.25, 0.3) is 0 Å². The Labute approximate surface area is 127 Å². The van der Waals surface area contributed by atoms with Crippen molar-refractivity contribution in [3.63, 3.8) is 0 Å². The Morgan fingerprint density at radius 2 is 2.14 bits per heavy atom. The molecule has 1 aromatic rings. The lowest BCUT2D eigenvalue weighted by atomic mass is 9.98. The number of rotatable bonds is 5. The molecule has 1 aromatic heterocycles. The Kier molecular flexibility index (Phi) is 5.39. The van der Waals surface area contributed by atoms with Crippen LogP contribution >= 0.6 is 0 Å². The summed E-state index contributed by atoms with van der Waals surface area (Å²) < 4.78 is 0. The van der Waals surface area contributed by atoms with Crippen molar-refractivity contribution in [1.29, 1.82) is 0 Å². The molecule has 1 saturated heterocycles. The Morgan fingerprint density at radius 3 is 2.76 bits per heavy atom. The zero-order chi connectivity index (χ0) is 15.4. The van der Waals surface area contributed by atoms with Crippen LogP contribution in [0.4, 0.5) is 11.6 Å². The number of aliphatic hydroxyl groups excluding tert-OH is 1. The zero-order valence-electron chi connectivity index (χ0n) is 13.7. The van der Waals surface area contributed by atoms with Crippen LogP contribution < -0.4 is 10.2 Å². The molecule has 5 heteroatoms. The summed E-state index contributed by atoms with van der Waals surface area (Å²) in [6.07, 6.45) is 2.22. The Balaban J connectivity index is 2.36. The molecule has 5 nitrogen and oxygen atoms in total. The third-order valence-corrected chi connectivity index (χ3v) is 4.07. The van der Waals surface area contributed by atoms with Gasteiger partial charge in [-0.3, -0.25) is 0 Å². The van der Waals surface area contributed by atoms with E-state index >= 15 is 0 Å². The van der Waals surface area contributed by atoms with Gasteiger partial charge in [0.05, 0.1) is 0 Å². The molecule has 1 aliphatic heterocycles. The number of anilines is 2. The van der Waals surface area contributed by atoms with E-state index in [9.17, 15) is 5.11 Å². The van der Waals surface area contributed by atoms with Crippen LogP contribution in [-0.2, 0) is 0 Å². The van der Waals surface area contributed by atoms with Gasteiger partial charge in [-0.1, -0.05) is 13.8 Å². The van der Waals surface area contributed by atoms with E-state index in [1.165, 1.54) is 0 Å². The van der Waals surface area contributed by atoms with Gasteiger partial charge in [-0.15, -0.1) is 0 Å². The fraction of sp³-hybridized carbons (Fsp3) is 0.750. The smallest absolute Gasteiger partial charge is 0.137 e. The molecular weight excluding hydrogens is 264 g/mol. The van der Waals surface area contributed by atoms with Crippen LogP contribution in [0.1, 0.15) is 50.9 Å². The predicted molar refractivity (Wildman–Crippen MR) is 87.0 cm³/mol.